The van der Waals surface area contributed by atoms with Gasteiger partial charge in [0.2, 0.25) is 0 Å². The van der Waals surface area contributed by atoms with Crippen molar-refractivity contribution in [2.75, 3.05) is 0 Å². The molecular weight excluding hydrogens is 96.0 g/mol. The van der Waals surface area contributed by atoms with Crippen molar-refractivity contribution in [3.63, 3.8) is 0 Å². The van der Waals surface area contributed by atoms with E-state index < -0.39 is 12.6 Å². The Kier molecular flexibility index (Phi) is 1.27. The maximum Gasteiger partial charge on any atom is 0.157 e. The van der Waals surface area contributed by atoms with Crippen LogP contribution in [0.5, 0.6) is 0 Å². The second-order valence-electron chi connectivity index (χ2n) is 1.62. The van der Waals surface area contributed by atoms with E-state index in [0.29, 0.717) is 12.8 Å². The molecule has 3 nitrogen and oxygen atoms in total. The van der Waals surface area contributed by atoms with Gasteiger partial charge in [0.15, 0.2) is 12.6 Å². The van der Waals surface area contributed by atoms with Crippen molar-refractivity contribution < 1.29 is 14.9 Å². The smallest absolute Gasteiger partial charge is 0.157 e. The molecule has 1 rings (SSSR count). The fourth-order valence-electron chi connectivity index (χ4n) is 0.603. The molecule has 0 aromatic heterocycles. The third-order valence-electron chi connectivity index (χ3n) is 0.975. The van der Waals surface area contributed by atoms with Gasteiger partial charge in [-0.3, -0.25) is 0 Å². The first-order valence-electron chi connectivity index (χ1n) is 2.30. The van der Waals surface area contributed by atoms with Crippen LogP contribution < -0.4 is 0 Å². The molecule has 0 spiro atoms. The molecule has 2 N–H and O–H groups in total. The molecule has 1 fully saturated rings. The zero-order valence-electron chi connectivity index (χ0n) is 3.87. The fourth-order valence-corrected chi connectivity index (χ4v) is 0.603. The summed E-state index contributed by atoms with van der Waals surface area (Å²) in [5.74, 6) is 0. The van der Waals surface area contributed by atoms with E-state index in [1.807, 2.05) is 0 Å². The molecule has 0 unspecified atom stereocenters. The summed E-state index contributed by atoms with van der Waals surface area (Å²) in [5.41, 5.74) is 0. The van der Waals surface area contributed by atoms with Gasteiger partial charge < -0.3 is 14.9 Å². The highest BCUT2D eigenvalue weighted by Crippen LogP contribution is 2.13. The lowest BCUT2D eigenvalue weighted by Crippen LogP contribution is -2.07. The van der Waals surface area contributed by atoms with Crippen molar-refractivity contribution in [1.29, 1.82) is 0 Å². The Morgan fingerprint density at radius 3 is 1.71 bits per heavy atom. The summed E-state index contributed by atoms with van der Waals surface area (Å²) in [7, 11) is 0. The number of hydrogen-bond acceptors (Lipinski definition) is 3. The summed E-state index contributed by atoms with van der Waals surface area (Å²) in [6.45, 7) is 0. The van der Waals surface area contributed by atoms with E-state index in [1.54, 1.807) is 0 Å². The van der Waals surface area contributed by atoms with Crippen LogP contribution in [-0.4, -0.2) is 22.8 Å². The van der Waals surface area contributed by atoms with E-state index in [9.17, 15) is 0 Å². The molecule has 0 radical (unpaired) electrons. The molecule has 3 heteroatoms. The maximum atomic E-state index is 8.52. The van der Waals surface area contributed by atoms with Gasteiger partial charge in [-0.05, 0) is 0 Å². The monoisotopic (exact) mass is 104 g/mol. The molecular formula is C4H8O3. The largest absolute Gasteiger partial charge is 0.368 e. The van der Waals surface area contributed by atoms with Gasteiger partial charge in [0.25, 0.3) is 0 Å². The molecule has 0 aromatic carbocycles. The Hall–Kier alpha value is -0.120. The van der Waals surface area contributed by atoms with E-state index in [0.717, 1.165) is 0 Å². The lowest BCUT2D eigenvalue weighted by Gasteiger charge is -1.99. The molecule has 0 saturated carbocycles. The Morgan fingerprint density at radius 1 is 1.14 bits per heavy atom. The third-order valence-corrected chi connectivity index (χ3v) is 0.975. The Bertz CT molecular complexity index is 56.0. The molecule has 0 bridgehead atoms. The SMILES string of the molecule is O[C@H]1CC[C@H](O)O1. The molecule has 0 aliphatic carbocycles. The number of aliphatic hydroxyl groups is 2. The quantitative estimate of drug-likeness (QED) is 0.433. The van der Waals surface area contributed by atoms with Crippen LogP contribution in [0.4, 0.5) is 0 Å². The molecule has 0 aromatic rings. The molecule has 42 valence electrons. The average Bonchev–Trinajstić information content (AvgIpc) is 1.87. The first kappa shape index (κ1) is 5.03. The number of rotatable bonds is 0. The average molecular weight is 104 g/mol. The van der Waals surface area contributed by atoms with Gasteiger partial charge in [0.1, 0.15) is 0 Å². The van der Waals surface area contributed by atoms with Crippen molar-refractivity contribution in [3.8, 4) is 0 Å². The summed E-state index contributed by atoms with van der Waals surface area (Å²) in [4.78, 5) is 0. The van der Waals surface area contributed by atoms with E-state index in [1.165, 1.54) is 0 Å². The Balaban J connectivity index is 2.26. The summed E-state index contributed by atoms with van der Waals surface area (Å²) in [6.07, 6.45) is -0.340. The van der Waals surface area contributed by atoms with E-state index >= 15 is 0 Å². The molecule has 2 atom stereocenters. The highest BCUT2D eigenvalue weighted by atomic mass is 16.7. The molecule has 1 aliphatic heterocycles. The molecule has 1 heterocycles. The van der Waals surface area contributed by atoms with Crippen LogP contribution in [0, 0.1) is 0 Å². The summed E-state index contributed by atoms with van der Waals surface area (Å²) >= 11 is 0. The van der Waals surface area contributed by atoms with Crippen LogP contribution in [0.25, 0.3) is 0 Å². The molecule has 1 saturated heterocycles. The second kappa shape index (κ2) is 1.78. The lowest BCUT2D eigenvalue weighted by atomic mass is 10.3. The Labute approximate surface area is 41.5 Å². The first-order valence-corrected chi connectivity index (χ1v) is 2.30. The van der Waals surface area contributed by atoms with Gasteiger partial charge in [-0.15, -0.1) is 0 Å². The van der Waals surface area contributed by atoms with Crippen molar-refractivity contribution >= 4 is 0 Å². The van der Waals surface area contributed by atoms with E-state index in [4.69, 9.17) is 10.2 Å². The minimum Gasteiger partial charge on any atom is -0.368 e. The Morgan fingerprint density at radius 2 is 1.57 bits per heavy atom. The predicted octanol–water partition coefficient (Wildman–Crippen LogP) is -0.566. The molecule has 7 heavy (non-hydrogen) atoms. The fraction of sp³-hybridized carbons (Fsp3) is 1.00. The first-order chi connectivity index (χ1) is 3.29. The van der Waals surface area contributed by atoms with Gasteiger partial charge in [0.05, 0.1) is 0 Å². The van der Waals surface area contributed by atoms with Crippen molar-refractivity contribution in [1.82, 2.24) is 0 Å². The lowest BCUT2D eigenvalue weighted by molar-refractivity contribution is -0.160. The van der Waals surface area contributed by atoms with Crippen molar-refractivity contribution in [3.05, 3.63) is 0 Å². The zero-order valence-corrected chi connectivity index (χ0v) is 3.87. The zero-order chi connectivity index (χ0) is 5.28. The minimum atomic E-state index is -0.727. The third kappa shape index (κ3) is 1.12. The molecule has 1 aliphatic rings. The maximum absolute atomic E-state index is 8.52. The highest BCUT2D eigenvalue weighted by Gasteiger charge is 2.19. The highest BCUT2D eigenvalue weighted by molar-refractivity contribution is 4.54. The topological polar surface area (TPSA) is 49.7 Å². The normalized spacial score (nSPS) is 42.0. The van der Waals surface area contributed by atoms with E-state index in [-0.39, 0.29) is 0 Å². The van der Waals surface area contributed by atoms with Gasteiger partial charge >= 0.3 is 0 Å². The van der Waals surface area contributed by atoms with E-state index in [2.05, 4.69) is 4.74 Å². The van der Waals surface area contributed by atoms with Gasteiger partial charge in [-0.2, -0.15) is 0 Å². The summed E-state index contributed by atoms with van der Waals surface area (Å²) < 4.78 is 4.47. The minimum absolute atomic E-state index is 0.557. The predicted molar refractivity (Wildman–Crippen MR) is 22.3 cm³/mol. The number of aliphatic hydroxyl groups excluding tert-OH is 2. The van der Waals surface area contributed by atoms with Crippen LogP contribution in [0.15, 0.2) is 0 Å². The van der Waals surface area contributed by atoms with Crippen LogP contribution in [0.2, 0.25) is 0 Å². The van der Waals surface area contributed by atoms with Crippen LogP contribution >= 0.6 is 0 Å². The van der Waals surface area contributed by atoms with Gasteiger partial charge in [0, 0.05) is 12.8 Å². The number of hydrogen-bond donors (Lipinski definition) is 2. The van der Waals surface area contributed by atoms with Gasteiger partial charge in [-0.25, -0.2) is 0 Å². The van der Waals surface area contributed by atoms with Crippen molar-refractivity contribution in [2.45, 2.75) is 25.4 Å². The summed E-state index contributed by atoms with van der Waals surface area (Å²) in [6, 6.07) is 0. The molecule has 0 amide bonds. The van der Waals surface area contributed by atoms with Crippen LogP contribution in [-0.2, 0) is 4.74 Å². The van der Waals surface area contributed by atoms with Gasteiger partial charge in [-0.1, -0.05) is 0 Å². The van der Waals surface area contributed by atoms with Crippen LogP contribution in [0.1, 0.15) is 12.8 Å². The van der Waals surface area contributed by atoms with Crippen molar-refractivity contribution in [2.24, 2.45) is 0 Å². The standard InChI is InChI=1S/C4H8O3/c5-3-1-2-4(6)7-3/h3-6H,1-2H2/t3-,4-/m1/s1. The van der Waals surface area contributed by atoms with Crippen LogP contribution in [0.3, 0.4) is 0 Å². The second-order valence-corrected chi connectivity index (χ2v) is 1.62. The summed E-state index contributed by atoms with van der Waals surface area (Å²) in [5, 5.41) is 17.0. The number of ether oxygens (including phenoxy) is 1.